The first-order valence-electron chi connectivity index (χ1n) is 6.20. The van der Waals surface area contributed by atoms with Crippen LogP contribution in [-0.4, -0.2) is 29.1 Å². The van der Waals surface area contributed by atoms with Crippen molar-refractivity contribution in [2.75, 3.05) is 0 Å². The summed E-state index contributed by atoms with van der Waals surface area (Å²) >= 11 is 0. The van der Waals surface area contributed by atoms with Crippen molar-refractivity contribution in [2.24, 2.45) is 17.6 Å². The predicted octanol–water partition coefficient (Wildman–Crippen LogP) is 0.729. The van der Waals surface area contributed by atoms with Gasteiger partial charge in [-0.2, -0.15) is 0 Å². The van der Waals surface area contributed by atoms with Crippen LogP contribution in [0.25, 0.3) is 0 Å². The van der Waals surface area contributed by atoms with Gasteiger partial charge in [-0.3, -0.25) is 9.59 Å². The van der Waals surface area contributed by atoms with Crippen LogP contribution in [-0.2, 0) is 9.59 Å². The predicted molar refractivity (Wildman–Crippen MR) is 64.3 cm³/mol. The highest BCUT2D eigenvalue weighted by Gasteiger charge is 2.29. The van der Waals surface area contributed by atoms with Crippen molar-refractivity contribution in [3.05, 3.63) is 0 Å². The quantitative estimate of drug-likeness (QED) is 0.677. The number of nitrogens with one attached hydrogen (secondary N) is 1. The van der Waals surface area contributed by atoms with Crippen LogP contribution in [0.4, 0.5) is 0 Å². The van der Waals surface area contributed by atoms with Crippen molar-refractivity contribution < 1.29 is 14.7 Å². The van der Waals surface area contributed by atoms with E-state index in [0.29, 0.717) is 12.8 Å². The average Bonchev–Trinajstić information content (AvgIpc) is 2.28. The molecule has 1 amide bonds. The second-order valence-corrected chi connectivity index (χ2v) is 5.18. The van der Waals surface area contributed by atoms with Gasteiger partial charge in [0.25, 0.3) is 0 Å². The number of nitrogens with two attached hydrogens (primary N) is 1. The SMILES string of the molecule is CC(C)[C@@H](N)C(=O)NC1CCCC(C(=O)O)C1. The first kappa shape index (κ1) is 14.0. The number of hydrogen-bond acceptors (Lipinski definition) is 3. The fraction of sp³-hybridized carbons (Fsp3) is 0.833. The van der Waals surface area contributed by atoms with Gasteiger partial charge in [0, 0.05) is 6.04 Å². The highest BCUT2D eigenvalue weighted by molar-refractivity contribution is 5.82. The highest BCUT2D eigenvalue weighted by atomic mass is 16.4. The van der Waals surface area contributed by atoms with Crippen LogP contribution in [0.3, 0.4) is 0 Å². The third kappa shape index (κ3) is 4.00. The third-order valence-corrected chi connectivity index (χ3v) is 3.39. The van der Waals surface area contributed by atoms with E-state index in [9.17, 15) is 9.59 Å². The van der Waals surface area contributed by atoms with E-state index >= 15 is 0 Å². The molecule has 5 nitrogen and oxygen atoms in total. The fourth-order valence-electron chi connectivity index (χ4n) is 2.15. The van der Waals surface area contributed by atoms with Crippen LogP contribution in [0.5, 0.6) is 0 Å². The lowest BCUT2D eigenvalue weighted by atomic mass is 9.85. The summed E-state index contributed by atoms with van der Waals surface area (Å²) in [6.07, 6.45) is 2.92. The maximum Gasteiger partial charge on any atom is 0.306 e. The fourth-order valence-corrected chi connectivity index (χ4v) is 2.15. The minimum atomic E-state index is -0.767. The zero-order chi connectivity index (χ0) is 13.0. The Morgan fingerprint density at radius 3 is 2.53 bits per heavy atom. The van der Waals surface area contributed by atoms with Gasteiger partial charge in [0.05, 0.1) is 12.0 Å². The van der Waals surface area contributed by atoms with Crippen molar-refractivity contribution in [1.82, 2.24) is 5.32 Å². The molecule has 0 aliphatic heterocycles. The molecule has 1 rings (SSSR count). The molecule has 0 heterocycles. The van der Waals surface area contributed by atoms with Crippen molar-refractivity contribution >= 4 is 11.9 Å². The van der Waals surface area contributed by atoms with Gasteiger partial charge in [-0.05, 0) is 25.2 Å². The molecule has 0 saturated heterocycles. The molecule has 0 spiro atoms. The van der Waals surface area contributed by atoms with Gasteiger partial charge in [-0.25, -0.2) is 0 Å². The van der Waals surface area contributed by atoms with Gasteiger partial charge in [-0.1, -0.05) is 20.3 Å². The minimum Gasteiger partial charge on any atom is -0.481 e. The number of carbonyl (C=O) groups is 2. The number of hydrogen-bond donors (Lipinski definition) is 3. The van der Waals surface area contributed by atoms with Crippen LogP contribution in [0.1, 0.15) is 39.5 Å². The Hall–Kier alpha value is -1.10. The Labute approximate surface area is 102 Å². The molecular formula is C12H22N2O3. The number of carboxylic acids is 1. The van der Waals surface area contributed by atoms with E-state index in [1.807, 2.05) is 13.8 Å². The van der Waals surface area contributed by atoms with Crippen molar-refractivity contribution in [2.45, 2.75) is 51.6 Å². The maximum atomic E-state index is 11.7. The van der Waals surface area contributed by atoms with Crippen molar-refractivity contribution in [3.63, 3.8) is 0 Å². The molecule has 2 unspecified atom stereocenters. The lowest BCUT2D eigenvalue weighted by molar-refractivity contribution is -0.143. The number of amides is 1. The van der Waals surface area contributed by atoms with Gasteiger partial charge in [0.1, 0.15) is 0 Å². The summed E-state index contributed by atoms with van der Waals surface area (Å²) in [5, 5.41) is 11.8. The minimum absolute atomic E-state index is 0.0397. The lowest BCUT2D eigenvalue weighted by Crippen LogP contribution is -2.49. The lowest BCUT2D eigenvalue weighted by Gasteiger charge is -2.28. The summed E-state index contributed by atoms with van der Waals surface area (Å²) in [6.45, 7) is 3.79. The normalized spacial score (nSPS) is 26.6. The Morgan fingerprint density at radius 1 is 1.35 bits per heavy atom. The number of carbonyl (C=O) groups excluding carboxylic acids is 1. The van der Waals surface area contributed by atoms with Gasteiger partial charge in [0.15, 0.2) is 0 Å². The van der Waals surface area contributed by atoms with Crippen LogP contribution in [0.15, 0.2) is 0 Å². The molecule has 1 fully saturated rings. The maximum absolute atomic E-state index is 11.7. The Morgan fingerprint density at radius 2 is 2.00 bits per heavy atom. The van der Waals surface area contributed by atoms with Crippen LogP contribution in [0.2, 0.25) is 0 Å². The molecule has 0 aromatic rings. The second-order valence-electron chi connectivity index (χ2n) is 5.18. The smallest absolute Gasteiger partial charge is 0.306 e. The Balaban J connectivity index is 2.46. The molecule has 1 saturated carbocycles. The van der Waals surface area contributed by atoms with Gasteiger partial charge < -0.3 is 16.2 Å². The molecule has 98 valence electrons. The summed E-state index contributed by atoms with van der Waals surface area (Å²) in [6, 6.07) is -0.553. The summed E-state index contributed by atoms with van der Waals surface area (Å²) in [5.41, 5.74) is 5.74. The van der Waals surface area contributed by atoms with Gasteiger partial charge in [-0.15, -0.1) is 0 Å². The molecule has 0 radical (unpaired) electrons. The summed E-state index contributed by atoms with van der Waals surface area (Å²) in [5.74, 6) is -1.17. The standard InChI is InChI=1S/C12H22N2O3/c1-7(2)10(13)11(15)14-9-5-3-4-8(6-9)12(16)17/h7-10H,3-6,13H2,1-2H3,(H,14,15)(H,16,17)/t8?,9?,10-/m1/s1. The molecule has 1 aliphatic carbocycles. The molecule has 4 N–H and O–H groups in total. The van der Waals surface area contributed by atoms with Crippen molar-refractivity contribution in [3.8, 4) is 0 Å². The van der Waals surface area contributed by atoms with Gasteiger partial charge in [0.2, 0.25) is 5.91 Å². The Kier molecular flexibility index (Phi) is 4.93. The van der Waals surface area contributed by atoms with E-state index in [2.05, 4.69) is 5.32 Å². The zero-order valence-corrected chi connectivity index (χ0v) is 10.5. The summed E-state index contributed by atoms with van der Waals surface area (Å²) < 4.78 is 0. The van der Waals surface area contributed by atoms with Crippen LogP contribution in [0, 0.1) is 11.8 Å². The van der Waals surface area contributed by atoms with Gasteiger partial charge >= 0.3 is 5.97 Å². The van der Waals surface area contributed by atoms with E-state index < -0.39 is 12.0 Å². The Bertz CT molecular complexity index is 291. The van der Waals surface area contributed by atoms with E-state index in [0.717, 1.165) is 12.8 Å². The summed E-state index contributed by atoms with van der Waals surface area (Å²) in [7, 11) is 0. The highest BCUT2D eigenvalue weighted by Crippen LogP contribution is 2.24. The van der Waals surface area contributed by atoms with E-state index in [1.54, 1.807) is 0 Å². The topological polar surface area (TPSA) is 92.4 Å². The average molecular weight is 242 g/mol. The molecular weight excluding hydrogens is 220 g/mol. The molecule has 5 heteroatoms. The molecule has 0 aromatic heterocycles. The monoisotopic (exact) mass is 242 g/mol. The summed E-state index contributed by atoms with van der Waals surface area (Å²) in [4.78, 5) is 22.6. The molecule has 1 aliphatic rings. The molecule has 0 aromatic carbocycles. The van der Waals surface area contributed by atoms with Crippen molar-refractivity contribution in [1.29, 1.82) is 0 Å². The number of carboxylic acid groups (broad SMARTS) is 1. The first-order valence-corrected chi connectivity index (χ1v) is 6.20. The van der Waals surface area contributed by atoms with E-state index in [1.165, 1.54) is 0 Å². The largest absolute Gasteiger partial charge is 0.481 e. The van der Waals surface area contributed by atoms with Crippen LogP contribution >= 0.6 is 0 Å². The van der Waals surface area contributed by atoms with E-state index in [4.69, 9.17) is 10.8 Å². The molecule has 0 bridgehead atoms. The van der Waals surface area contributed by atoms with E-state index in [-0.39, 0.29) is 23.8 Å². The first-order chi connectivity index (χ1) is 7.91. The third-order valence-electron chi connectivity index (χ3n) is 3.39. The van der Waals surface area contributed by atoms with Crippen LogP contribution < -0.4 is 11.1 Å². The molecule has 3 atom stereocenters. The second kappa shape index (κ2) is 6.00. The molecule has 17 heavy (non-hydrogen) atoms. The zero-order valence-electron chi connectivity index (χ0n) is 10.5. The number of aliphatic carboxylic acids is 1. The number of rotatable bonds is 4.